The van der Waals surface area contributed by atoms with Crippen molar-refractivity contribution in [1.82, 2.24) is 0 Å². The third kappa shape index (κ3) is 6.83. The second-order valence-corrected chi connectivity index (χ2v) is 29.5. The molecule has 4 N–H and O–H groups in total. The number of hydrogen-bond donors (Lipinski definition) is 4. The van der Waals surface area contributed by atoms with Gasteiger partial charge in [0.15, 0.2) is 11.6 Å². The summed E-state index contributed by atoms with van der Waals surface area (Å²) in [7, 11) is -4.81. The highest BCUT2D eigenvalue weighted by Gasteiger charge is 2.74. The number of ether oxygens (including phenoxy) is 3. The van der Waals surface area contributed by atoms with Crippen LogP contribution in [-0.4, -0.2) is 88.2 Å². The first-order valence-corrected chi connectivity index (χ1v) is 29.2. The fourth-order valence-corrected chi connectivity index (χ4v) is 21.5. The quantitative estimate of drug-likeness (QED) is 0.135. The molecule has 1 spiro atoms. The van der Waals surface area contributed by atoms with E-state index in [4.69, 9.17) is 18.4 Å². The summed E-state index contributed by atoms with van der Waals surface area (Å²) < 4.78 is 61.9. The first kappa shape index (κ1) is 50.7. The maximum atomic E-state index is 13.2. The normalized spacial score (nSPS) is 50.5. The summed E-state index contributed by atoms with van der Waals surface area (Å²) in [5, 5.41) is 34.4. The number of fused-ring (bicyclic) bond motifs is 10. The van der Waals surface area contributed by atoms with Gasteiger partial charge in [0.25, 0.3) is 0 Å². The number of Topliss-reactive ketones (excluding diaryl/α,β-unsaturated/α-hetero) is 1. The molecular weight excluding hydrogens is 905 g/mol. The Hall–Kier alpha value is -1.48. The largest absolute Gasteiger partial charge is 0.397 e. The number of allylic oxidation sites excluding steroid dienone is 4. The molecule has 8 fully saturated rings. The molecule has 4 heterocycles. The van der Waals surface area contributed by atoms with Crippen LogP contribution in [0.5, 0.6) is 0 Å². The lowest BCUT2D eigenvalue weighted by Gasteiger charge is -2.69. The topological polar surface area (TPSA) is 169 Å². The van der Waals surface area contributed by atoms with Crippen molar-refractivity contribution in [1.29, 1.82) is 0 Å². The summed E-state index contributed by atoms with van der Waals surface area (Å²) in [6.07, 6.45) is 14.0. The molecule has 0 aromatic carbocycles. The molecule has 8 aliphatic carbocycles. The maximum Gasteiger partial charge on any atom is 0.397 e. The number of carbonyl (C=O) groups is 1. The molecular formula is C58H88O11S. The highest BCUT2D eigenvalue weighted by atomic mass is 32.3. The first-order chi connectivity index (χ1) is 32.4. The number of carbonyl (C=O) groups excluding carboxylic acids is 1. The van der Waals surface area contributed by atoms with Crippen LogP contribution in [0.3, 0.4) is 0 Å². The maximum absolute atomic E-state index is 13.2. The fraction of sp³-hybridized carbons (Fsp3) is 0.879. The van der Waals surface area contributed by atoms with Crippen LogP contribution >= 0.6 is 0 Å². The molecule has 392 valence electrons. The molecule has 0 aromatic heterocycles. The Morgan fingerprint density at radius 3 is 2.16 bits per heavy atom. The SMILES string of the molecule is C[C@@H]([C@H]1CC[C@H]2C3=C(CC[C@]12C)[C@@]12CO[C@@](O)([C@@H](O)C1)C(C)(C)[C@@H]2[C@@H](OS(=O)(=O)O)C3)[C@H]1C[C@@H]2C[C@@](C)(OC2(C)C)[C@H](CC[C@@H](C)[C@H]2CC[C@H]3C4=C(CC[C@]23C)[C@@]2(C)C[C@H](O)C(=O)C(C)(C)C2=CC4)O1. The van der Waals surface area contributed by atoms with Gasteiger partial charge in [-0.2, -0.15) is 8.42 Å². The van der Waals surface area contributed by atoms with E-state index < -0.39 is 56.7 Å². The zero-order valence-corrected chi connectivity index (χ0v) is 45.5. The van der Waals surface area contributed by atoms with Crippen molar-refractivity contribution in [3.05, 3.63) is 33.9 Å². The number of aliphatic hydroxyl groups excluding tert-OH is 2. The van der Waals surface area contributed by atoms with Gasteiger partial charge in [0, 0.05) is 27.6 Å². The Morgan fingerprint density at radius 1 is 0.843 bits per heavy atom. The zero-order valence-electron chi connectivity index (χ0n) is 44.7. The minimum atomic E-state index is -4.81. The average molecular weight is 993 g/mol. The Balaban J connectivity index is 0.828. The fourth-order valence-electron chi connectivity index (χ4n) is 21.0. The Labute approximate surface area is 419 Å². The predicted octanol–water partition coefficient (Wildman–Crippen LogP) is 10.4. The molecule has 70 heavy (non-hydrogen) atoms. The zero-order chi connectivity index (χ0) is 50.5. The molecule has 4 saturated heterocycles. The molecule has 11 nitrogen and oxygen atoms in total. The van der Waals surface area contributed by atoms with Gasteiger partial charge in [-0.1, -0.05) is 82.4 Å². The summed E-state index contributed by atoms with van der Waals surface area (Å²) >= 11 is 0. The van der Waals surface area contributed by atoms with Crippen molar-refractivity contribution < 1.29 is 51.5 Å². The van der Waals surface area contributed by atoms with E-state index in [-0.39, 0.29) is 70.3 Å². The number of hydrogen-bond acceptors (Lipinski definition) is 10. The van der Waals surface area contributed by atoms with Gasteiger partial charge in [-0.25, -0.2) is 4.18 Å². The third-order valence-electron chi connectivity index (χ3n) is 24.2. The van der Waals surface area contributed by atoms with Crippen LogP contribution in [0.25, 0.3) is 0 Å². The van der Waals surface area contributed by atoms with Crippen LogP contribution in [0.4, 0.5) is 0 Å². The number of rotatable bonds is 8. The van der Waals surface area contributed by atoms with Gasteiger partial charge < -0.3 is 29.5 Å². The van der Waals surface area contributed by atoms with Crippen LogP contribution < -0.4 is 0 Å². The van der Waals surface area contributed by atoms with E-state index in [0.29, 0.717) is 42.4 Å². The predicted molar refractivity (Wildman–Crippen MR) is 266 cm³/mol. The number of aliphatic hydroxyl groups is 3. The second-order valence-electron chi connectivity index (χ2n) is 28.4. The van der Waals surface area contributed by atoms with E-state index in [2.05, 4.69) is 61.5 Å². The van der Waals surface area contributed by atoms with E-state index in [9.17, 15) is 33.1 Å². The van der Waals surface area contributed by atoms with E-state index in [1.807, 2.05) is 27.7 Å². The molecule has 4 bridgehead atoms. The summed E-state index contributed by atoms with van der Waals surface area (Å²) in [4.78, 5) is 13.2. The lowest BCUT2D eigenvalue weighted by Crippen LogP contribution is -2.76. The molecule has 19 atom stereocenters. The summed E-state index contributed by atoms with van der Waals surface area (Å²) in [5.74, 6) is 0.509. The molecule has 12 heteroatoms. The van der Waals surface area contributed by atoms with Crippen molar-refractivity contribution in [2.24, 2.45) is 79.8 Å². The van der Waals surface area contributed by atoms with E-state index in [1.165, 1.54) is 35.1 Å². The van der Waals surface area contributed by atoms with Crippen molar-refractivity contribution in [2.45, 2.75) is 233 Å². The van der Waals surface area contributed by atoms with Crippen molar-refractivity contribution in [2.75, 3.05) is 6.61 Å². The van der Waals surface area contributed by atoms with E-state index in [0.717, 1.165) is 70.6 Å². The lowest BCUT2D eigenvalue weighted by molar-refractivity contribution is -0.408. The van der Waals surface area contributed by atoms with Crippen molar-refractivity contribution in [3.63, 3.8) is 0 Å². The highest BCUT2D eigenvalue weighted by molar-refractivity contribution is 7.80. The molecule has 4 aliphatic heterocycles. The van der Waals surface area contributed by atoms with E-state index in [1.54, 1.807) is 5.57 Å². The lowest BCUT2D eigenvalue weighted by atomic mass is 9.42. The molecule has 0 unspecified atom stereocenters. The monoisotopic (exact) mass is 993 g/mol. The van der Waals surface area contributed by atoms with Crippen molar-refractivity contribution in [3.8, 4) is 0 Å². The van der Waals surface area contributed by atoms with Crippen LogP contribution in [0.2, 0.25) is 0 Å². The van der Waals surface area contributed by atoms with Crippen LogP contribution in [-0.2, 0) is 33.6 Å². The molecule has 12 rings (SSSR count). The van der Waals surface area contributed by atoms with Crippen LogP contribution in [0, 0.1) is 79.8 Å². The van der Waals surface area contributed by atoms with Gasteiger partial charge in [-0.3, -0.25) is 9.35 Å². The second kappa shape index (κ2) is 15.8. The van der Waals surface area contributed by atoms with Gasteiger partial charge in [0.05, 0.1) is 36.1 Å². The smallest absolute Gasteiger partial charge is 0.387 e. The van der Waals surface area contributed by atoms with Crippen molar-refractivity contribution >= 4 is 16.2 Å². The Morgan fingerprint density at radius 2 is 1.49 bits per heavy atom. The molecule has 4 saturated carbocycles. The molecule has 0 aromatic rings. The standard InChI is InChI=1S/C58H88O11S/c1-31(36-15-17-38-34-14-19-45-50(3,4)49(61)42(59)28-55(45,11)40(34)21-23-53(36,38)9)13-20-47-56(12)27-33(52(7,8)69-56)25-43(67-47)32(2)37-16-18-39-35-26-44(68-70(63,64)65)48-51(5,6)58(62)46(60)29-57(48,30-66-58)41(35)22-24-54(37,39)10/h19,31-33,36-39,42-44,46-48,59-60,62H,13-18,20-30H2,1-12H3,(H,63,64,65)/t31-,32+,33-,36-,37-,38+,39+,42+,43-,44+,46+,47+,48+,53-,54-,55-,56-,57+,58+/m1/s1. The Kier molecular flexibility index (Phi) is 11.4. The van der Waals surface area contributed by atoms with E-state index >= 15 is 0 Å². The average Bonchev–Trinajstić information content (AvgIpc) is 3.84. The van der Waals surface area contributed by atoms with Gasteiger partial charge in [0.1, 0.15) is 12.2 Å². The minimum absolute atomic E-state index is 0.0325. The summed E-state index contributed by atoms with van der Waals surface area (Å²) in [5.41, 5.74) is 3.71. The summed E-state index contributed by atoms with van der Waals surface area (Å²) in [6, 6.07) is 0. The first-order valence-electron chi connectivity index (χ1n) is 27.8. The number of ketones is 1. The van der Waals surface area contributed by atoms with Crippen LogP contribution in [0.15, 0.2) is 33.9 Å². The Bertz CT molecular complexity index is 2420. The summed E-state index contributed by atoms with van der Waals surface area (Å²) in [6.45, 7) is 27.1. The third-order valence-corrected chi connectivity index (χ3v) is 24.7. The molecule has 0 amide bonds. The molecule has 12 aliphatic rings. The minimum Gasteiger partial charge on any atom is -0.387 e. The van der Waals surface area contributed by atoms with Crippen LogP contribution in [0.1, 0.15) is 186 Å². The van der Waals surface area contributed by atoms with Gasteiger partial charge in [-0.05, 0) is 190 Å². The highest BCUT2D eigenvalue weighted by Crippen LogP contribution is 2.73. The van der Waals surface area contributed by atoms with Gasteiger partial charge in [0.2, 0.25) is 0 Å². The van der Waals surface area contributed by atoms with Gasteiger partial charge in [-0.15, -0.1) is 0 Å². The van der Waals surface area contributed by atoms with Gasteiger partial charge >= 0.3 is 10.4 Å². The molecule has 0 radical (unpaired) electrons.